The highest BCUT2D eigenvalue weighted by atomic mass is 32.2. The Hall–Kier alpha value is -4.07. The van der Waals surface area contributed by atoms with Crippen LogP contribution in [0.5, 0.6) is 11.5 Å². The zero-order chi connectivity index (χ0) is 34.0. The van der Waals surface area contributed by atoms with Gasteiger partial charge in [0.15, 0.2) is 23.1 Å². The molecule has 0 spiro atoms. The van der Waals surface area contributed by atoms with Crippen molar-refractivity contribution < 1.29 is 57.9 Å². The van der Waals surface area contributed by atoms with E-state index in [4.69, 9.17) is 18.9 Å². The Kier molecular flexibility index (Phi) is 8.30. The highest BCUT2D eigenvalue weighted by molar-refractivity contribution is 8.03. The van der Waals surface area contributed by atoms with Gasteiger partial charge in [0.1, 0.15) is 11.5 Å². The number of ketones is 4. The van der Waals surface area contributed by atoms with E-state index in [1.807, 2.05) is 0 Å². The second-order valence-electron chi connectivity index (χ2n) is 12.5. The van der Waals surface area contributed by atoms with Crippen LogP contribution in [0.2, 0.25) is 0 Å². The van der Waals surface area contributed by atoms with Crippen LogP contribution in [0.15, 0.2) is 36.4 Å². The van der Waals surface area contributed by atoms with Crippen molar-refractivity contribution in [2.75, 3.05) is 14.2 Å². The lowest BCUT2D eigenvalue weighted by atomic mass is 9.66. The number of phenolic OH excluding ortho intramolecular Hbond substituents is 2. The molecule has 2 aliphatic heterocycles. The van der Waals surface area contributed by atoms with Crippen molar-refractivity contribution in [3.63, 3.8) is 0 Å². The predicted molar refractivity (Wildman–Crippen MR) is 165 cm³/mol. The minimum atomic E-state index is -1.77. The summed E-state index contributed by atoms with van der Waals surface area (Å²) >= 11 is 0.883. The van der Waals surface area contributed by atoms with E-state index in [0.717, 1.165) is 11.8 Å². The maximum atomic E-state index is 14.9. The molecule has 2 aromatic carbocycles. The van der Waals surface area contributed by atoms with Crippen molar-refractivity contribution in [3.8, 4) is 11.5 Å². The minimum absolute atomic E-state index is 0.0588. The van der Waals surface area contributed by atoms with Gasteiger partial charge in [0.05, 0.1) is 83.9 Å². The molecule has 2 fully saturated rings. The molecule has 2 aromatic rings. The lowest BCUT2D eigenvalue weighted by Crippen LogP contribution is -2.67. The standard InChI is InChI=1S/C34H34O12S/c1-15-27-29(39)25-19(7-5-9-21(25)35)31(41)33(27,13-17(45-15)11-23(37)43-3)47-34-14-18(12-24(38)44-4)46-16(2)28(34)30(40)26-20(32(34)42)8-6-10-22(26)36/h5-10,15-18,27-28,35-36H,11-14H2,1-4H3. The number of rotatable bonds is 6. The van der Waals surface area contributed by atoms with Gasteiger partial charge in [-0.1, -0.05) is 24.3 Å². The second kappa shape index (κ2) is 11.9. The molecule has 6 rings (SSSR count). The largest absolute Gasteiger partial charge is 0.507 e. The van der Waals surface area contributed by atoms with Crippen molar-refractivity contribution in [2.24, 2.45) is 11.8 Å². The Labute approximate surface area is 274 Å². The topological polar surface area (TPSA) is 180 Å². The Balaban J connectivity index is 1.60. The van der Waals surface area contributed by atoms with Gasteiger partial charge in [-0.25, -0.2) is 0 Å². The van der Waals surface area contributed by atoms with Crippen molar-refractivity contribution in [1.29, 1.82) is 0 Å². The van der Waals surface area contributed by atoms with Crippen LogP contribution in [-0.2, 0) is 28.5 Å². The molecule has 248 valence electrons. The number of methoxy groups -OCH3 is 2. The summed E-state index contributed by atoms with van der Waals surface area (Å²) in [7, 11) is 2.42. The molecule has 8 atom stereocenters. The number of phenols is 2. The van der Waals surface area contributed by atoms with E-state index in [-0.39, 0.29) is 59.4 Å². The van der Waals surface area contributed by atoms with Crippen LogP contribution in [0.25, 0.3) is 0 Å². The normalized spacial score (nSPS) is 32.9. The molecule has 4 aliphatic rings. The Morgan fingerprint density at radius 1 is 0.745 bits per heavy atom. The van der Waals surface area contributed by atoms with Crippen LogP contribution >= 0.6 is 11.8 Å². The van der Waals surface area contributed by atoms with Crippen molar-refractivity contribution in [1.82, 2.24) is 0 Å². The summed E-state index contributed by atoms with van der Waals surface area (Å²) in [5.74, 6) is -6.78. The summed E-state index contributed by atoms with van der Waals surface area (Å²) in [6.45, 7) is 3.17. The highest BCUT2D eigenvalue weighted by Gasteiger charge is 2.69. The summed E-state index contributed by atoms with van der Waals surface area (Å²) in [6, 6.07) is 8.32. The fraction of sp³-hybridized carbons (Fsp3) is 0.471. The van der Waals surface area contributed by atoms with Crippen LogP contribution < -0.4 is 0 Å². The first-order chi connectivity index (χ1) is 22.3. The molecule has 0 radical (unpaired) electrons. The number of benzene rings is 2. The third kappa shape index (κ3) is 4.97. The zero-order valence-electron chi connectivity index (χ0n) is 26.1. The Morgan fingerprint density at radius 2 is 1.13 bits per heavy atom. The van der Waals surface area contributed by atoms with Gasteiger partial charge in [-0.3, -0.25) is 28.8 Å². The maximum Gasteiger partial charge on any atom is 0.308 e. The Morgan fingerprint density at radius 3 is 1.49 bits per heavy atom. The van der Waals surface area contributed by atoms with Crippen LogP contribution in [0.4, 0.5) is 0 Å². The summed E-state index contributed by atoms with van der Waals surface area (Å²) in [4.78, 5) is 83.5. The average molecular weight is 667 g/mol. The van der Waals surface area contributed by atoms with Gasteiger partial charge in [-0.05, 0) is 38.8 Å². The van der Waals surface area contributed by atoms with Crippen molar-refractivity contribution in [2.45, 2.75) is 73.4 Å². The molecule has 2 N–H and O–H groups in total. The quantitative estimate of drug-likeness (QED) is 0.428. The van der Waals surface area contributed by atoms with E-state index in [1.165, 1.54) is 50.6 Å². The monoisotopic (exact) mass is 666 g/mol. The average Bonchev–Trinajstić information content (AvgIpc) is 3.01. The smallest absolute Gasteiger partial charge is 0.308 e. The predicted octanol–water partition coefficient (Wildman–Crippen LogP) is 3.48. The Bertz CT molecular complexity index is 1590. The molecule has 0 bridgehead atoms. The lowest BCUT2D eigenvalue weighted by Gasteiger charge is -2.57. The lowest BCUT2D eigenvalue weighted by molar-refractivity contribution is -0.148. The van der Waals surface area contributed by atoms with E-state index >= 15 is 0 Å². The molecule has 0 saturated carbocycles. The second-order valence-corrected chi connectivity index (χ2v) is 14.2. The number of fused-ring (bicyclic) bond motifs is 4. The number of aromatic hydroxyl groups is 2. The van der Waals surface area contributed by atoms with Gasteiger partial charge in [-0.15, -0.1) is 11.8 Å². The van der Waals surface area contributed by atoms with Gasteiger partial charge >= 0.3 is 11.9 Å². The molecule has 2 aliphatic carbocycles. The van der Waals surface area contributed by atoms with E-state index in [9.17, 15) is 39.0 Å². The molecule has 8 unspecified atom stereocenters. The van der Waals surface area contributed by atoms with Crippen LogP contribution in [0.1, 0.15) is 81.0 Å². The number of thioether (sulfide) groups is 1. The number of esters is 2. The fourth-order valence-corrected chi connectivity index (χ4v) is 10.5. The zero-order valence-corrected chi connectivity index (χ0v) is 27.0. The van der Waals surface area contributed by atoms with Crippen LogP contribution in [0.3, 0.4) is 0 Å². The molecule has 13 heteroatoms. The number of carbonyl (C=O) groups is 6. The first-order valence-electron chi connectivity index (χ1n) is 15.3. The van der Waals surface area contributed by atoms with E-state index < -0.39 is 80.8 Å². The van der Waals surface area contributed by atoms with Crippen molar-refractivity contribution in [3.05, 3.63) is 58.7 Å². The summed E-state index contributed by atoms with van der Waals surface area (Å²) in [6.07, 6.45) is -4.70. The molecule has 12 nitrogen and oxygen atoms in total. The number of Topliss-reactive ketones (excluding diaryl/α,β-unsaturated/α-hetero) is 4. The first-order valence-corrected chi connectivity index (χ1v) is 16.1. The van der Waals surface area contributed by atoms with Crippen LogP contribution in [0, 0.1) is 11.8 Å². The highest BCUT2D eigenvalue weighted by Crippen LogP contribution is 2.62. The van der Waals surface area contributed by atoms with Crippen LogP contribution in [-0.4, -0.2) is 93.4 Å². The fourth-order valence-electron chi connectivity index (χ4n) is 8.02. The van der Waals surface area contributed by atoms with Gasteiger partial charge in [0, 0.05) is 11.1 Å². The maximum absolute atomic E-state index is 14.9. The molecular weight excluding hydrogens is 632 g/mol. The van der Waals surface area contributed by atoms with E-state index in [0.29, 0.717) is 0 Å². The number of carbonyl (C=O) groups excluding carboxylic acids is 6. The summed E-state index contributed by atoms with van der Waals surface area (Å²) < 4.78 is 18.5. The van der Waals surface area contributed by atoms with Crippen molar-refractivity contribution >= 4 is 46.8 Å². The van der Waals surface area contributed by atoms with E-state index in [2.05, 4.69) is 0 Å². The molecule has 2 heterocycles. The number of hydrogen-bond donors (Lipinski definition) is 2. The molecule has 47 heavy (non-hydrogen) atoms. The third-order valence-electron chi connectivity index (χ3n) is 9.83. The first kappa shape index (κ1) is 32.9. The van der Waals surface area contributed by atoms with E-state index in [1.54, 1.807) is 13.8 Å². The molecule has 2 saturated heterocycles. The number of hydrogen-bond acceptors (Lipinski definition) is 13. The van der Waals surface area contributed by atoms with Gasteiger partial charge in [0.2, 0.25) is 0 Å². The minimum Gasteiger partial charge on any atom is -0.507 e. The SMILES string of the molecule is COC(=O)CC1CC2(SC34CC(CC(=O)OC)OC(C)C3C(=O)c3c(O)cccc3C4=O)C(=O)c3cccc(O)c3C(=O)C2C(C)O1. The number of ether oxygens (including phenoxy) is 4. The van der Waals surface area contributed by atoms with Gasteiger partial charge in [-0.2, -0.15) is 0 Å². The summed E-state index contributed by atoms with van der Waals surface area (Å²) in [5.41, 5.74) is -0.451. The summed E-state index contributed by atoms with van der Waals surface area (Å²) in [5, 5.41) is 21.5. The molecule has 0 amide bonds. The molecule has 0 aromatic heterocycles. The molecular formula is C34H34O12S. The third-order valence-corrected chi connectivity index (χ3v) is 11.8. The van der Waals surface area contributed by atoms with Gasteiger partial charge in [0.25, 0.3) is 0 Å². The van der Waals surface area contributed by atoms with Gasteiger partial charge < -0.3 is 29.2 Å².